The van der Waals surface area contributed by atoms with Crippen LogP contribution in [-0.4, -0.2) is 26.5 Å². The van der Waals surface area contributed by atoms with Crippen molar-refractivity contribution in [3.63, 3.8) is 0 Å². The average molecular weight is 247 g/mol. The van der Waals surface area contributed by atoms with E-state index in [2.05, 4.69) is 20.8 Å². The van der Waals surface area contributed by atoms with Crippen molar-refractivity contribution in [3.05, 3.63) is 0 Å². The topological polar surface area (TPSA) is 60.2 Å². The summed E-state index contributed by atoms with van der Waals surface area (Å²) in [5.74, 6) is 1.41. The molecule has 0 radical (unpaired) electrons. The summed E-state index contributed by atoms with van der Waals surface area (Å²) in [4.78, 5) is 0. The smallest absolute Gasteiger partial charge is 0.150 e. The number of sulfone groups is 1. The van der Waals surface area contributed by atoms with Crippen molar-refractivity contribution in [2.24, 2.45) is 23.0 Å². The number of hydrogen-bond acceptors (Lipinski definition) is 3. The summed E-state index contributed by atoms with van der Waals surface area (Å²) in [6.45, 7) is 7.26. The summed E-state index contributed by atoms with van der Waals surface area (Å²) in [5.41, 5.74) is 6.09. The molecule has 0 spiro atoms. The maximum Gasteiger partial charge on any atom is 0.150 e. The zero-order valence-corrected chi connectivity index (χ0v) is 11.5. The summed E-state index contributed by atoms with van der Waals surface area (Å²) < 4.78 is 22.8. The Morgan fingerprint density at radius 2 is 2.00 bits per heavy atom. The van der Waals surface area contributed by atoms with Crippen molar-refractivity contribution in [1.82, 2.24) is 0 Å². The van der Waals surface area contributed by atoms with Crippen LogP contribution >= 0.6 is 0 Å². The molecule has 0 amide bonds. The van der Waals surface area contributed by atoms with Crippen molar-refractivity contribution in [2.45, 2.75) is 40.0 Å². The predicted molar refractivity (Wildman–Crippen MR) is 68.0 cm³/mol. The molecule has 1 fully saturated rings. The Bertz CT molecular complexity index is 316. The van der Waals surface area contributed by atoms with E-state index < -0.39 is 9.84 Å². The molecule has 0 aromatic heterocycles. The molecule has 1 rings (SSSR count). The molecule has 0 bridgehead atoms. The monoisotopic (exact) mass is 247 g/mol. The first-order valence-electron chi connectivity index (χ1n) is 6.14. The third kappa shape index (κ3) is 4.42. The minimum atomic E-state index is -2.76. The van der Waals surface area contributed by atoms with E-state index in [-0.39, 0.29) is 0 Å². The summed E-state index contributed by atoms with van der Waals surface area (Å²) >= 11 is 0. The molecule has 1 saturated heterocycles. The zero-order valence-electron chi connectivity index (χ0n) is 10.7. The van der Waals surface area contributed by atoms with E-state index in [1.54, 1.807) is 0 Å². The maximum absolute atomic E-state index is 11.4. The first-order valence-corrected chi connectivity index (χ1v) is 7.96. The van der Waals surface area contributed by atoms with Crippen molar-refractivity contribution < 1.29 is 8.42 Å². The number of hydrogen-bond donors (Lipinski definition) is 1. The highest BCUT2D eigenvalue weighted by Crippen LogP contribution is 2.31. The van der Waals surface area contributed by atoms with Gasteiger partial charge in [0.15, 0.2) is 9.84 Å². The van der Waals surface area contributed by atoms with Gasteiger partial charge in [-0.25, -0.2) is 8.42 Å². The Morgan fingerprint density at radius 1 is 1.38 bits per heavy atom. The van der Waals surface area contributed by atoms with Crippen LogP contribution in [0.15, 0.2) is 0 Å². The van der Waals surface area contributed by atoms with Crippen molar-refractivity contribution >= 4 is 9.84 Å². The molecule has 0 aromatic rings. The predicted octanol–water partition coefficient (Wildman–Crippen LogP) is 1.82. The number of rotatable bonds is 4. The molecule has 4 heteroatoms. The van der Waals surface area contributed by atoms with E-state index in [0.717, 1.165) is 19.3 Å². The fraction of sp³-hybridized carbons (Fsp3) is 1.00. The maximum atomic E-state index is 11.4. The van der Waals surface area contributed by atoms with Crippen LogP contribution in [0.3, 0.4) is 0 Å². The number of nitrogens with two attached hydrogens (primary N) is 1. The van der Waals surface area contributed by atoms with Gasteiger partial charge in [0.1, 0.15) is 0 Å². The lowest BCUT2D eigenvalue weighted by Crippen LogP contribution is -2.26. The Balaban J connectivity index is 2.50. The van der Waals surface area contributed by atoms with Crippen LogP contribution < -0.4 is 5.73 Å². The Kier molecular flexibility index (Phi) is 4.41. The lowest BCUT2D eigenvalue weighted by Gasteiger charge is -2.25. The van der Waals surface area contributed by atoms with Crippen LogP contribution in [0.2, 0.25) is 0 Å². The highest BCUT2D eigenvalue weighted by atomic mass is 32.2. The standard InChI is InChI=1S/C12H25NO2S/c1-12(2,3)6-4-10(8-13)11-5-7-16(14,15)9-11/h10-11H,4-9,13H2,1-3H3. The summed E-state index contributed by atoms with van der Waals surface area (Å²) in [6, 6.07) is 0. The van der Waals surface area contributed by atoms with Crippen LogP contribution in [0.1, 0.15) is 40.0 Å². The molecule has 1 aliphatic rings. The molecule has 0 aliphatic carbocycles. The van der Waals surface area contributed by atoms with Gasteiger partial charge in [0.05, 0.1) is 11.5 Å². The van der Waals surface area contributed by atoms with E-state index in [9.17, 15) is 8.42 Å². The molecule has 2 unspecified atom stereocenters. The molecule has 3 nitrogen and oxygen atoms in total. The summed E-state index contributed by atoms with van der Waals surface area (Å²) in [6.07, 6.45) is 2.99. The van der Waals surface area contributed by atoms with Gasteiger partial charge in [-0.1, -0.05) is 20.8 Å². The highest BCUT2D eigenvalue weighted by Gasteiger charge is 2.33. The van der Waals surface area contributed by atoms with E-state index >= 15 is 0 Å². The van der Waals surface area contributed by atoms with E-state index in [0.29, 0.717) is 35.3 Å². The van der Waals surface area contributed by atoms with Gasteiger partial charge in [-0.3, -0.25) is 0 Å². The Morgan fingerprint density at radius 3 is 2.38 bits per heavy atom. The van der Waals surface area contributed by atoms with Gasteiger partial charge < -0.3 is 5.73 Å². The largest absolute Gasteiger partial charge is 0.330 e. The second kappa shape index (κ2) is 5.05. The van der Waals surface area contributed by atoms with Crippen LogP contribution in [0, 0.1) is 17.3 Å². The van der Waals surface area contributed by atoms with Gasteiger partial charge in [-0.15, -0.1) is 0 Å². The minimum absolute atomic E-state index is 0.303. The molecule has 0 saturated carbocycles. The van der Waals surface area contributed by atoms with E-state index in [4.69, 9.17) is 5.73 Å². The van der Waals surface area contributed by atoms with Gasteiger partial charge in [-0.05, 0) is 43.1 Å². The SMILES string of the molecule is CC(C)(C)CCC(CN)C1CCS(=O)(=O)C1. The molecule has 16 heavy (non-hydrogen) atoms. The average Bonchev–Trinajstić information content (AvgIpc) is 2.45. The first kappa shape index (κ1) is 14.0. The second-order valence-electron chi connectivity index (χ2n) is 6.26. The van der Waals surface area contributed by atoms with Gasteiger partial charge >= 0.3 is 0 Å². The van der Waals surface area contributed by atoms with Gasteiger partial charge in [0.25, 0.3) is 0 Å². The molecule has 0 aromatic carbocycles. The third-order valence-electron chi connectivity index (χ3n) is 3.50. The Labute approximate surface area is 99.7 Å². The molecule has 2 N–H and O–H groups in total. The van der Waals surface area contributed by atoms with Crippen LogP contribution in [-0.2, 0) is 9.84 Å². The second-order valence-corrected chi connectivity index (χ2v) is 8.49. The molecule has 2 atom stereocenters. The molecular weight excluding hydrogens is 222 g/mol. The fourth-order valence-electron chi connectivity index (χ4n) is 2.36. The summed E-state index contributed by atoms with van der Waals surface area (Å²) in [5, 5.41) is 0. The van der Waals surface area contributed by atoms with Crippen molar-refractivity contribution in [2.75, 3.05) is 18.1 Å². The van der Waals surface area contributed by atoms with Crippen molar-refractivity contribution in [3.8, 4) is 0 Å². The molecular formula is C12H25NO2S. The van der Waals surface area contributed by atoms with Crippen LogP contribution in [0.5, 0.6) is 0 Å². The van der Waals surface area contributed by atoms with Crippen LogP contribution in [0.4, 0.5) is 0 Å². The Hall–Kier alpha value is -0.0900. The van der Waals surface area contributed by atoms with Gasteiger partial charge in [0.2, 0.25) is 0 Å². The van der Waals surface area contributed by atoms with E-state index in [1.807, 2.05) is 0 Å². The quantitative estimate of drug-likeness (QED) is 0.824. The van der Waals surface area contributed by atoms with Crippen LogP contribution in [0.25, 0.3) is 0 Å². The zero-order chi connectivity index (χ0) is 12.4. The van der Waals surface area contributed by atoms with E-state index in [1.165, 1.54) is 0 Å². The molecule has 1 heterocycles. The first-order chi connectivity index (χ1) is 7.23. The lowest BCUT2D eigenvalue weighted by atomic mass is 9.81. The fourth-order valence-corrected chi connectivity index (χ4v) is 4.28. The molecule has 96 valence electrons. The third-order valence-corrected chi connectivity index (χ3v) is 5.30. The highest BCUT2D eigenvalue weighted by molar-refractivity contribution is 7.91. The van der Waals surface area contributed by atoms with Gasteiger partial charge in [-0.2, -0.15) is 0 Å². The lowest BCUT2D eigenvalue weighted by molar-refractivity contribution is 0.276. The van der Waals surface area contributed by atoms with Gasteiger partial charge in [0, 0.05) is 0 Å². The normalized spacial score (nSPS) is 26.9. The van der Waals surface area contributed by atoms with Crippen molar-refractivity contribution in [1.29, 1.82) is 0 Å². The summed E-state index contributed by atoms with van der Waals surface area (Å²) in [7, 11) is -2.76. The minimum Gasteiger partial charge on any atom is -0.330 e. The molecule has 1 aliphatic heterocycles.